The lowest BCUT2D eigenvalue weighted by molar-refractivity contribution is 0.00190. The van der Waals surface area contributed by atoms with E-state index in [-0.39, 0.29) is 10.8 Å². The van der Waals surface area contributed by atoms with Gasteiger partial charge in [-0.1, -0.05) is 29.3 Å². The average molecular weight is 477 g/mol. The molecule has 1 aliphatic heterocycles. The minimum Gasteiger partial charge on any atom is -0.482 e. The lowest BCUT2D eigenvalue weighted by atomic mass is 9.88. The van der Waals surface area contributed by atoms with Gasteiger partial charge in [0, 0.05) is 34.1 Å². The van der Waals surface area contributed by atoms with Gasteiger partial charge >= 0.3 is 0 Å². The SMILES string of the molecule is CC(Oc1cc(-c2ccc(C3(O)CCNCC3)nc2)cnc1N)c1c(Cl)ccc(F)c1Cl. The molecule has 0 radical (unpaired) electrons. The normalized spacial score (nSPS) is 16.5. The van der Waals surface area contributed by atoms with Crippen LogP contribution in [0.2, 0.25) is 10.0 Å². The number of pyridine rings is 2. The molecule has 0 amide bonds. The fourth-order valence-electron chi connectivity index (χ4n) is 3.81. The van der Waals surface area contributed by atoms with E-state index in [9.17, 15) is 9.50 Å². The van der Waals surface area contributed by atoms with Crippen molar-refractivity contribution >= 4 is 29.0 Å². The molecule has 0 aliphatic carbocycles. The quantitative estimate of drug-likeness (QED) is 0.454. The maximum atomic E-state index is 13.9. The van der Waals surface area contributed by atoms with Crippen LogP contribution in [0.1, 0.15) is 37.1 Å². The van der Waals surface area contributed by atoms with Crippen LogP contribution in [0.15, 0.2) is 42.7 Å². The van der Waals surface area contributed by atoms with Crippen molar-refractivity contribution in [1.29, 1.82) is 0 Å². The minimum absolute atomic E-state index is 0.0941. The van der Waals surface area contributed by atoms with Gasteiger partial charge < -0.3 is 20.9 Å². The predicted octanol–water partition coefficient (Wildman–Crippen LogP) is 4.88. The molecule has 3 heterocycles. The molecule has 0 saturated carbocycles. The van der Waals surface area contributed by atoms with E-state index in [2.05, 4.69) is 15.3 Å². The number of halogens is 3. The van der Waals surface area contributed by atoms with Gasteiger partial charge in [0.15, 0.2) is 11.6 Å². The summed E-state index contributed by atoms with van der Waals surface area (Å²) >= 11 is 12.3. The molecule has 32 heavy (non-hydrogen) atoms. The van der Waals surface area contributed by atoms with Crippen LogP contribution in [-0.2, 0) is 5.60 Å². The summed E-state index contributed by atoms with van der Waals surface area (Å²) in [4.78, 5) is 8.71. The maximum Gasteiger partial charge on any atom is 0.166 e. The predicted molar refractivity (Wildman–Crippen MR) is 123 cm³/mol. The number of piperidine rings is 1. The van der Waals surface area contributed by atoms with Crippen molar-refractivity contribution in [3.8, 4) is 16.9 Å². The number of nitrogens with one attached hydrogen (secondary N) is 1. The Morgan fingerprint density at radius 1 is 1.12 bits per heavy atom. The average Bonchev–Trinajstić information content (AvgIpc) is 2.79. The number of hydrogen-bond donors (Lipinski definition) is 3. The Morgan fingerprint density at radius 2 is 1.84 bits per heavy atom. The highest BCUT2D eigenvalue weighted by Crippen LogP contribution is 2.37. The molecular formula is C23H23Cl2FN4O2. The van der Waals surface area contributed by atoms with Gasteiger partial charge in [-0.3, -0.25) is 4.98 Å². The van der Waals surface area contributed by atoms with Gasteiger partial charge in [-0.05, 0) is 57.1 Å². The smallest absolute Gasteiger partial charge is 0.166 e. The highest BCUT2D eigenvalue weighted by molar-refractivity contribution is 6.36. The number of nitrogen functional groups attached to an aromatic ring is 1. The summed E-state index contributed by atoms with van der Waals surface area (Å²) in [5.41, 5.74) is 7.59. The third-order valence-electron chi connectivity index (χ3n) is 5.68. The molecule has 1 fully saturated rings. The van der Waals surface area contributed by atoms with Crippen molar-refractivity contribution < 1.29 is 14.2 Å². The zero-order chi connectivity index (χ0) is 22.9. The molecule has 3 aromatic rings. The topological polar surface area (TPSA) is 93.3 Å². The van der Waals surface area contributed by atoms with Crippen molar-refractivity contribution in [1.82, 2.24) is 15.3 Å². The Hall–Kier alpha value is -2.45. The van der Waals surface area contributed by atoms with Gasteiger partial charge in [0.25, 0.3) is 0 Å². The van der Waals surface area contributed by atoms with Gasteiger partial charge in [-0.15, -0.1) is 0 Å². The van der Waals surface area contributed by atoms with Gasteiger partial charge in [-0.25, -0.2) is 9.37 Å². The summed E-state index contributed by atoms with van der Waals surface area (Å²) < 4.78 is 19.9. The molecule has 1 saturated heterocycles. The van der Waals surface area contributed by atoms with Crippen LogP contribution in [0.3, 0.4) is 0 Å². The molecule has 2 aromatic heterocycles. The minimum atomic E-state index is -0.920. The van der Waals surface area contributed by atoms with E-state index >= 15 is 0 Å². The third-order valence-corrected chi connectivity index (χ3v) is 6.39. The summed E-state index contributed by atoms with van der Waals surface area (Å²) in [5, 5.41) is 14.3. The first-order valence-corrected chi connectivity index (χ1v) is 11.0. The zero-order valence-corrected chi connectivity index (χ0v) is 18.9. The molecule has 1 aliphatic rings. The van der Waals surface area contributed by atoms with E-state index in [0.29, 0.717) is 34.9 Å². The number of anilines is 1. The first-order chi connectivity index (χ1) is 15.3. The van der Waals surface area contributed by atoms with E-state index in [1.54, 1.807) is 25.4 Å². The highest BCUT2D eigenvalue weighted by atomic mass is 35.5. The first-order valence-electron chi connectivity index (χ1n) is 10.2. The van der Waals surface area contributed by atoms with Crippen LogP contribution in [0.4, 0.5) is 10.2 Å². The fraction of sp³-hybridized carbons (Fsp3) is 0.304. The zero-order valence-electron chi connectivity index (χ0n) is 17.4. The standard InChI is InChI=1S/C23H23Cl2FN4O2/c1-13(20-16(24)3-4-17(26)21(20)25)32-18-10-15(12-30-22(18)27)14-2-5-19(29-11-14)23(31)6-8-28-9-7-23/h2-5,10-13,28,31H,6-9H2,1H3,(H2,27,30). The summed E-state index contributed by atoms with van der Waals surface area (Å²) in [6.07, 6.45) is 3.87. The Morgan fingerprint density at radius 3 is 2.53 bits per heavy atom. The van der Waals surface area contributed by atoms with Crippen LogP contribution in [0.25, 0.3) is 11.1 Å². The molecule has 9 heteroatoms. The Balaban J connectivity index is 1.59. The number of nitrogens with zero attached hydrogens (tertiary/aromatic N) is 2. The molecule has 4 N–H and O–H groups in total. The van der Waals surface area contributed by atoms with Crippen molar-refractivity contribution in [2.24, 2.45) is 0 Å². The largest absolute Gasteiger partial charge is 0.482 e. The Bertz CT molecular complexity index is 1120. The molecular weight excluding hydrogens is 454 g/mol. The number of nitrogens with two attached hydrogens (primary N) is 1. The molecule has 1 unspecified atom stereocenters. The second-order valence-corrected chi connectivity index (χ2v) is 8.62. The van der Waals surface area contributed by atoms with Crippen molar-refractivity contribution in [2.45, 2.75) is 31.5 Å². The van der Waals surface area contributed by atoms with E-state index in [4.69, 9.17) is 33.7 Å². The van der Waals surface area contributed by atoms with Crippen LogP contribution < -0.4 is 15.8 Å². The lowest BCUT2D eigenvalue weighted by Gasteiger charge is -2.32. The van der Waals surface area contributed by atoms with Crippen molar-refractivity contribution in [3.63, 3.8) is 0 Å². The van der Waals surface area contributed by atoms with E-state index < -0.39 is 17.5 Å². The monoisotopic (exact) mass is 476 g/mol. The molecule has 4 rings (SSSR count). The Kier molecular flexibility index (Phi) is 6.53. The molecule has 0 spiro atoms. The fourth-order valence-corrected chi connectivity index (χ4v) is 4.49. The highest BCUT2D eigenvalue weighted by Gasteiger charge is 2.32. The summed E-state index contributed by atoms with van der Waals surface area (Å²) in [6, 6.07) is 8.07. The number of rotatable bonds is 5. The van der Waals surface area contributed by atoms with Gasteiger partial charge in [0.05, 0.1) is 10.7 Å². The molecule has 1 aromatic carbocycles. The molecule has 6 nitrogen and oxygen atoms in total. The molecule has 1 atom stereocenters. The summed E-state index contributed by atoms with van der Waals surface area (Å²) in [7, 11) is 0. The number of aromatic nitrogens is 2. The number of hydrogen-bond acceptors (Lipinski definition) is 6. The van der Waals surface area contributed by atoms with Gasteiger partial charge in [0.2, 0.25) is 0 Å². The Labute approximate surface area is 195 Å². The second kappa shape index (κ2) is 9.19. The lowest BCUT2D eigenvalue weighted by Crippen LogP contribution is -2.40. The maximum absolute atomic E-state index is 13.9. The molecule has 168 valence electrons. The number of aliphatic hydroxyl groups is 1. The summed E-state index contributed by atoms with van der Waals surface area (Å²) in [6.45, 7) is 3.20. The van der Waals surface area contributed by atoms with E-state index in [1.807, 2.05) is 12.1 Å². The van der Waals surface area contributed by atoms with E-state index in [0.717, 1.165) is 24.2 Å². The van der Waals surface area contributed by atoms with Crippen LogP contribution in [0.5, 0.6) is 5.75 Å². The second-order valence-electron chi connectivity index (χ2n) is 7.84. The van der Waals surface area contributed by atoms with Crippen LogP contribution >= 0.6 is 23.2 Å². The van der Waals surface area contributed by atoms with Crippen LogP contribution in [-0.4, -0.2) is 28.2 Å². The van der Waals surface area contributed by atoms with Crippen LogP contribution in [0, 0.1) is 5.82 Å². The van der Waals surface area contributed by atoms with Gasteiger partial charge in [-0.2, -0.15) is 0 Å². The number of ether oxygens (including phenoxy) is 1. The summed E-state index contributed by atoms with van der Waals surface area (Å²) in [5.74, 6) is -0.0896. The number of benzene rings is 1. The van der Waals surface area contributed by atoms with Gasteiger partial charge in [0.1, 0.15) is 17.5 Å². The van der Waals surface area contributed by atoms with E-state index in [1.165, 1.54) is 12.1 Å². The van der Waals surface area contributed by atoms with Crippen molar-refractivity contribution in [3.05, 3.63) is 69.8 Å². The molecule has 0 bridgehead atoms. The first kappa shape index (κ1) is 22.7. The third kappa shape index (κ3) is 4.52. The van der Waals surface area contributed by atoms with Crippen molar-refractivity contribution in [2.75, 3.05) is 18.8 Å².